The molecule has 2 aromatic heterocycles. The van der Waals surface area contributed by atoms with E-state index in [1.165, 1.54) is 11.3 Å². The minimum atomic E-state index is -0.269. The van der Waals surface area contributed by atoms with E-state index in [9.17, 15) is 0 Å². The third kappa shape index (κ3) is 5.25. The summed E-state index contributed by atoms with van der Waals surface area (Å²) < 4.78 is 13.0. The van der Waals surface area contributed by atoms with Crippen LogP contribution in [0.4, 0.5) is 11.4 Å². The number of amidine groups is 1. The zero-order chi connectivity index (χ0) is 37.5. The lowest BCUT2D eigenvalue weighted by Gasteiger charge is -2.32. The smallest absolute Gasteiger partial charge is 0.136 e. The first-order valence-corrected chi connectivity index (χ1v) is 19.6. The minimum Gasteiger partial charge on any atom is -0.456 e. The lowest BCUT2D eigenvalue weighted by Crippen LogP contribution is -2.44. The summed E-state index contributed by atoms with van der Waals surface area (Å²) in [4.78, 5) is 7.62. The van der Waals surface area contributed by atoms with Crippen molar-refractivity contribution in [2.75, 3.05) is 4.90 Å². The summed E-state index contributed by atoms with van der Waals surface area (Å²) in [7, 11) is 0. The third-order valence-corrected chi connectivity index (χ3v) is 11.9. The molecular formula is C51H36N4O2. The molecule has 1 aliphatic carbocycles. The molecule has 4 heterocycles. The predicted molar refractivity (Wildman–Crippen MR) is 231 cm³/mol. The van der Waals surface area contributed by atoms with Crippen molar-refractivity contribution < 1.29 is 8.83 Å². The number of rotatable bonds is 5. The highest BCUT2D eigenvalue weighted by Gasteiger charge is 2.37. The van der Waals surface area contributed by atoms with Crippen LogP contribution in [0, 0.1) is 0 Å². The summed E-state index contributed by atoms with van der Waals surface area (Å²) in [6.07, 6.45) is 8.59. The second kappa shape index (κ2) is 12.7. The maximum absolute atomic E-state index is 6.63. The SMILES string of the molecule is C1=CC2c3ccccc3N(c3ccc4oc5ccc(-c6ccc7c(c6)oc6cc(C8N=C(c9ccccc9)NC(c9ccccc9)N8)ccc67)cc5c4c3)C2C=C1. The maximum Gasteiger partial charge on any atom is 0.136 e. The summed E-state index contributed by atoms with van der Waals surface area (Å²) >= 11 is 0. The molecule has 0 saturated carbocycles. The van der Waals surface area contributed by atoms with Crippen molar-refractivity contribution in [3.05, 3.63) is 204 Å². The molecule has 4 unspecified atom stereocenters. The van der Waals surface area contributed by atoms with Gasteiger partial charge in [0.25, 0.3) is 0 Å². The monoisotopic (exact) mass is 736 g/mol. The fourth-order valence-electron chi connectivity index (χ4n) is 9.12. The van der Waals surface area contributed by atoms with Gasteiger partial charge in [-0.2, -0.15) is 0 Å². The van der Waals surface area contributed by atoms with Gasteiger partial charge in [-0.15, -0.1) is 0 Å². The van der Waals surface area contributed by atoms with E-state index in [-0.39, 0.29) is 18.4 Å². The average Bonchev–Trinajstić information content (AvgIpc) is 3.95. The molecule has 0 bridgehead atoms. The second-order valence-corrected chi connectivity index (χ2v) is 15.2. The Kier molecular flexibility index (Phi) is 7.16. The normalized spacial score (nSPS) is 19.9. The van der Waals surface area contributed by atoms with Crippen LogP contribution in [0.3, 0.4) is 0 Å². The number of fused-ring (bicyclic) bond motifs is 9. The molecule has 6 nitrogen and oxygen atoms in total. The molecular weight excluding hydrogens is 701 g/mol. The number of nitrogens with one attached hydrogen (secondary N) is 2. The van der Waals surface area contributed by atoms with Gasteiger partial charge in [0.15, 0.2) is 0 Å². The highest BCUT2D eigenvalue weighted by Crippen LogP contribution is 2.48. The van der Waals surface area contributed by atoms with Gasteiger partial charge in [0.1, 0.15) is 40.5 Å². The van der Waals surface area contributed by atoms with Crippen molar-refractivity contribution in [2.45, 2.75) is 24.3 Å². The van der Waals surface area contributed by atoms with Crippen molar-refractivity contribution in [2.24, 2.45) is 4.99 Å². The van der Waals surface area contributed by atoms with Crippen LogP contribution in [0.5, 0.6) is 0 Å². The number of para-hydroxylation sites is 1. The molecule has 0 spiro atoms. The lowest BCUT2D eigenvalue weighted by atomic mass is 9.91. The Balaban J connectivity index is 0.898. The molecule has 0 fully saturated rings. The van der Waals surface area contributed by atoms with E-state index in [1.54, 1.807) is 0 Å². The number of furan rings is 2. The molecule has 3 aliphatic rings. The van der Waals surface area contributed by atoms with Crippen LogP contribution >= 0.6 is 0 Å². The second-order valence-electron chi connectivity index (χ2n) is 15.2. The van der Waals surface area contributed by atoms with Gasteiger partial charge in [0.05, 0.1) is 6.04 Å². The molecule has 2 N–H and O–H groups in total. The number of nitrogens with zero attached hydrogens (tertiary/aromatic N) is 2. The fraction of sp³-hybridized carbons (Fsp3) is 0.0784. The van der Waals surface area contributed by atoms with E-state index in [0.717, 1.165) is 83.2 Å². The number of hydrogen-bond acceptors (Lipinski definition) is 6. The maximum atomic E-state index is 6.63. The first kappa shape index (κ1) is 32.1. The van der Waals surface area contributed by atoms with E-state index in [2.05, 4.69) is 173 Å². The standard InChI is InChI=1S/C51H36N4O2/c1-3-11-31(12-4-1)49-52-50(32-13-5-2-6-14-32)54-51(53-49)35-20-24-40-39-23-19-34(28-47(39)57-48(40)29-35)33-21-25-45-41(27-33)42-30-36(22-26-46(42)56-45)55-43-17-9-7-15-37(43)38-16-8-10-18-44(38)55/h1-30,37,43,49,51,53H,(H,52,54). The van der Waals surface area contributed by atoms with Crippen LogP contribution in [0.25, 0.3) is 55.0 Å². The van der Waals surface area contributed by atoms with Gasteiger partial charge in [-0.25, -0.2) is 4.99 Å². The van der Waals surface area contributed by atoms with Gasteiger partial charge in [-0.05, 0) is 82.4 Å². The van der Waals surface area contributed by atoms with Crippen molar-refractivity contribution in [1.29, 1.82) is 0 Å². The van der Waals surface area contributed by atoms with Crippen LogP contribution < -0.4 is 15.5 Å². The Morgan fingerprint density at radius 1 is 0.509 bits per heavy atom. The molecule has 12 rings (SSSR count). The number of benzene rings is 7. The quantitative estimate of drug-likeness (QED) is 0.184. The van der Waals surface area contributed by atoms with Crippen LogP contribution in [0.2, 0.25) is 0 Å². The Hall–Kier alpha value is -7.15. The van der Waals surface area contributed by atoms with Crippen LogP contribution in [-0.4, -0.2) is 11.9 Å². The molecule has 6 heteroatoms. The van der Waals surface area contributed by atoms with Crippen molar-refractivity contribution >= 4 is 61.1 Å². The molecule has 9 aromatic rings. The zero-order valence-electron chi connectivity index (χ0n) is 30.8. The minimum absolute atomic E-state index is 0.107. The lowest BCUT2D eigenvalue weighted by molar-refractivity contribution is 0.409. The molecule has 0 radical (unpaired) electrons. The zero-order valence-corrected chi connectivity index (χ0v) is 30.8. The molecule has 0 saturated heterocycles. The van der Waals surface area contributed by atoms with Gasteiger partial charge in [-0.1, -0.05) is 127 Å². The van der Waals surface area contributed by atoms with Crippen LogP contribution in [0.1, 0.15) is 40.5 Å². The summed E-state index contributed by atoms with van der Waals surface area (Å²) in [5.74, 6) is 1.19. The van der Waals surface area contributed by atoms with E-state index < -0.39 is 0 Å². The van der Waals surface area contributed by atoms with Crippen molar-refractivity contribution in [3.8, 4) is 11.1 Å². The first-order chi connectivity index (χ1) is 28.2. The molecule has 0 amide bonds. The van der Waals surface area contributed by atoms with Crippen molar-refractivity contribution in [1.82, 2.24) is 10.6 Å². The summed E-state index contributed by atoms with van der Waals surface area (Å²) in [5.41, 5.74) is 12.7. The Bertz CT molecular complexity index is 3120. The molecule has 57 heavy (non-hydrogen) atoms. The third-order valence-electron chi connectivity index (χ3n) is 11.9. The summed E-state index contributed by atoms with van der Waals surface area (Å²) in [6.45, 7) is 0. The number of allylic oxidation sites excluding steroid dienone is 2. The summed E-state index contributed by atoms with van der Waals surface area (Å²) in [5, 5.41) is 11.7. The van der Waals surface area contributed by atoms with Gasteiger partial charge in [-0.3, -0.25) is 5.32 Å². The van der Waals surface area contributed by atoms with Gasteiger partial charge in [0, 0.05) is 44.4 Å². The van der Waals surface area contributed by atoms with E-state index in [0.29, 0.717) is 5.92 Å². The highest BCUT2D eigenvalue weighted by molar-refractivity contribution is 6.09. The van der Waals surface area contributed by atoms with Gasteiger partial charge >= 0.3 is 0 Å². The number of hydrogen-bond donors (Lipinski definition) is 2. The largest absolute Gasteiger partial charge is 0.456 e. The van der Waals surface area contributed by atoms with E-state index in [1.807, 2.05) is 24.3 Å². The first-order valence-electron chi connectivity index (χ1n) is 19.6. The van der Waals surface area contributed by atoms with Gasteiger partial charge in [0.2, 0.25) is 0 Å². The van der Waals surface area contributed by atoms with E-state index >= 15 is 0 Å². The Morgan fingerprint density at radius 2 is 1.19 bits per heavy atom. The number of anilines is 2. The van der Waals surface area contributed by atoms with Crippen LogP contribution in [-0.2, 0) is 0 Å². The predicted octanol–water partition coefficient (Wildman–Crippen LogP) is 12.2. The molecule has 272 valence electrons. The summed E-state index contributed by atoms with van der Waals surface area (Å²) in [6, 6.07) is 55.8. The fourth-order valence-corrected chi connectivity index (χ4v) is 9.12. The number of aliphatic imine (C=N–C) groups is 1. The molecule has 7 aromatic carbocycles. The van der Waals surface area contributed by atoms with Gasteiger partial charge < -0.3 is 19.1 Å². The average molecular weight is 737 g/mol. The topological polar surface area (TPSA) is 65.9 Å². The molecule has 2 aliphatic heterocycles. The Morgan fingerprint density at radius 3 is 2.07 bits per heavy atom. The highest BCUT2D eigenvalue weighted by atomic mass is 16.3. The van der Waals surface area contributed by atoms with Crippen molar-refractivity contribution in [3.63, 3.8) is 0 Å². The van der Waals surface area contributed by atoms with E-state index in [4.69, 9.17) is 13.8 Å². The molecule has 4 atom stereocenters. The Labute approximate surface area is 329 Å². The van der Waals surface area contributed by atoms with Crippen LogP contribution in [0.15, 0.2) is 196 Å².